The summed E-state index contributed by atoms with van der Waals surface area (Å²) in [5.74, 6) is -0.192. The van der Waals surface area contributed by atoms with Gasteiger partial charge in [-0.05, 0) is 36.5 Å². The molecule has 5 N–H and O–H groups in total. The van der Waals surface area contributed by atoms with Crippen LogP contribution in [0.5, 0.6) is 0 Å². The molecular formula is C15H23N3O2. The average molecular weight is 277 g/mol. The van der Waals surface area contributed by atoms with Gasteiger partial charge in [-0.15, -0.1) is 0 Å². The number of primary amides is 1. The summed E-state index contributed by atoms with van der Waals surface area (Å²) in [6.45, 7) is 4.55. The Labute approximate surface area is 119 Å². The smallest absolute Gasteiger partial charge is 0.248 e. The number of rotatable bonds is 7. The monoisotopic (exact) mass is 277 g/mol. The first-order chi connectivity index (χ1) is 9.40. The molecule has 2 amide bonds. The van der Waals surface area contributed by atoms with E-state index >= 15 is 0 Å². The fourth-order valence-electron chi connectivity index (χ4n) is 1.96. The number of nitrogens with one attached hydrogen (secondary N) is 1. The van der Waals surface area contributed by atoms with E-state index in [1.165, 1.54) is 0 Å². The second-order valence-electron chi connectivity index (χ2n) is 5.34. The van der Waals surface area contributed by atoms with Crippen LogP contribution in [0, 0.1) is 5.92 Å². The van der Waals surface area contributed by atoms with Gasteiger partial charge in [-0.1, -0.05) is 26.0 Å². The zero-order chi connectivity index (χ0) is 15.1. The molecule has 5 nitrogen and oxygen atoms in total. The van der Waals surface area contributed by atoms with E-state index in [0.29, 0.717) is 30.9 Å². The molecule has 0 saturated heterocycles. The lowest BCUT2D eigenvalue weighted by molar-refractivity contribution is -0.122. The summed E-state index contributed by atoms with van der Waals surface area (Å²) in [6.07, 6.45) is 1.31. The molecule has 1 aromatic rings. The van der Waals surface area contributed by atoms with Gasteiger partial charge in [-0.2, -0.15) is 0 Å². The zero-order valence-electron chi connectivity index (χ0n) is 12.1. The van der Waals surface area contributed by atoms with Gasteiger partial charge in [-0.25, -0.2) is 0 Å². The predicted molar refractivity (Wildman–Crippen MR) is 79.1 cm³/mol. The molecule has 0 aliphatic carbocycles. The number of carbonyl (C=O) groups excluding carboxylic acids is 2. The quantitative estimate of drug-likeness (QED) is 0.688. The number of amides is 2. The van der Waals surface area contributed by atoms with Gasteiger partial charge >= 0.3 is 0 Å². The molecule has 0 saturated carbocycles. The molecule has 0 radical (unpaired) electrons. The van der Waals surface area contributed by atoms with E-state index in [2.05, 4.69) is 5.32 Å². The van der Waals surface area contributed by atoms with Crippen molar-refractivity contribution < 1.29 is 9.59 Å². The van der Waals surface area contributed by atoms with Crippen molar-refractivity contribution in [3.63, 3.8) is 0 Å². The molecule has 0 bridgehead atoms. The molecule has 20 heavy (non-hydrogen) atoms. The topological polar surface area (TPSA) is 98.2 Å². The maximum Gasteiger partial charge on any atom is 0.248 e. The van der Waals surface area contributed by atoms with Crippen LogP contribution in [-0.2, 0) is 11.2 Å². The maximum atomic E-state index is 11.7. The highest BCUT2D eigenvalue weighted by Crippen LogP contribution is 2.05. The number of benzene rings is 1. The molecular weight excluding hydrogens is 254 g/mol. The fourth-order valence-corrected chi connectivity index (χ4v) is 1.96. The lowest BCUT2D eigenvalue weighted by atomic mass is 10.0. The first-order valence-corrected chi connectivity index (χ1v) is 6.82. The van der Waals surface area contributed by atoms with Crippen LogP contribution < -0.4 is 16.8 Å². The van der Waals surface area contributed by atoms with Crippen LogP contribution in [-0.4, -0.2) is 24.4 Å². The number of hydrogen-bond acceptors (Lipinski definition) is 3. The van der Waals surface area contributed by atoms with Crippen molar-refractivity contribution in [3.05, 3.63) is 35.4 Å². The van der Waals surface area contributed by atoms with Gasteiger partial charge in [0.1, 0.15) is 0 Å². The lowest BCUT2D eigenvalue weighted by Gasteiger charge is -2.14. The van der Waals surface area contributed by atoms with E-state index in [0.717, 1.165) is 5.56 Å². The lowest BCUT2D eigenvalue weighted by Crippen LogP contribution is -2.42. The van der Waals surface area contributed by atoms with E-state index in [-0.39, 0.29) is 5.91 Å². The van der Waals surface area contributed by atoms with E-state index in [9.17, 15) is 9.59 Å². The number of carbonyl (C=O) groups is 2. The highest BCUT2D eigenvalue weighted by atomic mass is 16.2. The van der Waals surface area contributed by atoms with Crippen molar-refractivity contribution in [2.24, 2.45) is 17.4 Å². The summed E-state index contributed by atoms with van der Waals surface area (Å²) < 4.78 is 0. The number of nitrogens with two attached hydrogens (primary N) is 2. The Hall–Kier alpha value is -1.88. The second kappa shape index (κ2) is 7.65. The van der Waals surface area contributed by atoms with Crippen molar-refractivity contribution in [1.82, 2.24) is 5.32 Å². The van der Waals surface area contributed by atoms with E-state index in [1.54, 1.807) is 18.2 Å². The molecule has 0 spiro atoms. The molecule has 0 aliphatic rings. The maximum absolute atomic E-state index is 11.7. The first kappa shape index (κ1) is 16.2. The van der Waals surface area contributed by atoms with Gasteiger partial charge in [0, 0.05) is 12.1 Å². The van der Waals surface area contributed by atoms with Gasteiger partial charge in [0.2, 0.25) is 11.8 Å². The summed E-state index contributed by atoms with van der Waals surface area (Å²) in [4.78, 5) is 22.8. The zero-order valence-corrected chi connectivity index (χ0v) is 12.1. The summed E-state index contributed by atoms with van der Waals surface area (Å²) in [5, 5.41) is 2.80. The average Bonchev–Trinajstić information content (AvgIpc) is 2.38. The molecule has 0 aliphatic heterocycles. The largest absolute Gasteiger partial charge is 0.366 e. The van der Waals surface area contributed by atoms with Crippen molar-refractivity contribution in [2.75, 3.05) is 6.54 Å². The van der Waals surface area contributed by atoms with Gasteiger partial charge < -0.3 is 16.8 Å². The van der Waals surface area contributed by atoms with E-state index < -0.39 is 11.9 Å². The van der Waals surface area contributed by atoms with E-state index in [4.69, 9.17) is 11.5 Å². The SMILES string of the molecule is CC(C)C[C@H](N)C(=O)NCCc1cccc(C(N)=O)c1. The van der Waals surface area contributed by atoms with Gasteiger partial charge in [0.05, 0.1) is 6.04 Å². The summed E-state index contributed by atoms with van der Waals surface area (Å²) in [6, 6.07) is 6.62. The minimum Gasteiger partial charge on any atom is -0.366 e. The Kier molecular flexibility index (Phi) is 6.18. The van der Waals surface area contributed by atoms with Gasteiger partial charge in [-0.3, -0.25) is 9.59 Å². The van der Waals surface area contributed by atoms with Crippen LogP contribution in [0.4, 0.5) is 0 Å². The summed E-state index contributed by atoms with van der Waals surface area (Å²) in [7, 11) is 0. The minimum atomic E-state index is -0.466. The summed E-state index contributed by atoms with van der Waals surface area (Å²) in [5.41, 5.74) is 12.4. The first-order valence-electron chi connectivity index (χ1n) is 6.82. The molecule has 1 rings (SSSR count). The van der Waals surface area contributed by atoms with E-state index in [1.807, 2.05) is 19.9 Å². The normalized spacial score (nSPS) is 12.2. The van der Waals surface area contributed by atoms with Crippen molar-refractivity contribution in [3.8, 4) is 0 Å². The third kappa shape index (κ3) is 5.40. The Balaban J connectivity index is 2.42. The van der Waals surface area contributed by atoms with Crippen LogP contribution in [0.2, 0.25) is 0 Å². The molecule has 0 fully saturated rings. The van der Waals surface area contributed by atoms with Crippen LogP contribution >= 0.6 is 0 Å². The fraction of sp³-hybridized carbons (Fsp3) is 0.467. The van der Waals surface area contributed by atoms with Crippen LogP contribution in [0.25, 0.3) is 0 Å². The highest BCUT2D eigenvalue weighted by Gasteiger charge is 2.14. The highest BCUT2D eigenvalue weighted by molar-refractivity contribution is 5.92. The van der Waals surface area contributed by atoms with Crippen LogP contribution in [0.15, 0.2) is 24.3 Å². The predicted octanol–water partition coefficient (Wildman–Crippen LogP) is 0.818. The molecule has 1 atom stereocenters. The summed E-state index contributed by atoms with van der Waals surface area (Å²) >= 11 is 0. The molecule has 1 aromatic carbocycles. The van der Waals surface area contributed by atoms with Crippen LogP contribution in [0.3, 0.4) is 0 Å². The second-order valence-corrected chi connectivity index (χ2v) is 5.34. The van der Waals surface area contributed by atoms with Gasteiger partial charge in [0.15, 0.2) is 0 Å². The van der Waals surface area contributed by atoms with Crippen molar-refractivity contribution >= 4 is 11.8 Å². The minimum absolute atomic E-state index is 0.134. The Morgan fingerprint density at radius 3 is 2.60 bits per heavy atom. The van der Waals surface area contributed by atoms with Gasteiger partial charge in [0.25, 0.3) is 0 Å². The third-order valence-electron chi connectivity index (χ3n) is 2.99. The number of hydrogen-bond donors (Lipinski definition) is 3. The molecule has 0 aromatic heterocycles. The molecule has 5 heteroatoms. The van der Waals surface area contributed by atoms with Crippen molar-refractivity contribution in [1.29, 1.82) is 0 Å². The molecule has 110 valence electrons. The molecule has 0 unspecified atom stereocenters. The Bertz CT molecular complexity index is 472. The standard InChI is InChI=1S/C15H23N3O2/c1-10(2)8-13(16)15(20)18-7-6-11-4-3-5-12(9-11)14(17)19/h3-5,9-10,13H,6-8,16H2,1-2H3,(H2,17,19)(H,18,20)/t13-/m0/s1. The molecule has 0 heterocycles. The Morgan fingerprint density at radius 2 is 2.00 bits per heavy atom. The van der Waals surface area contributed by atoms with Crippen LogP contribution in [0.1, 0.15) is 36.2 Å². The third-order valence-corrected chi connectivity index (χ3v) is 2.99. The van der Waals surface area contributed by atoms with Crippen molar-refractivity contribution in [2.45, 2.75) is 32.7 Å². The Morgan fingerprint density at radius 1 is 1.30 bits per heavy atom.